The van der Waals surface area contributed by atoms with Crippen LogP contribution in [0.4, 0.5) is 4.79 Å². The van der Waals surface area contributed by atoms with E-state index in [-0.39, 0.29) is 5.78 Å². The number of ether oxygens (including phenoxy) is 1. The number of ketones is 1. The molecular weight excluding hydrogens is 218 g/mol. The number of carbonyl (C=O) groups excluding carboxylic acids is 2. The van der Waals surface area contributed by atoms with Crippen molar-refractivity contribution < 1.29 is 14.3 Å². The lowest BCUT2D eigenvalue weighted by atomic mass is 9.92. The van der Waals surface area contributed by atoms with E-state index >= 15 is 0 Å². The van der Waals surface area contributed by atoms with Crippen molar-refractivity contribution in [2.24, 2.45) is 0 Å². The Kier molecular flexibility index (Phi) is 3.65. The van der Waals surface area contributed by atoms with E-state index in [9.17, 15) is 9.59 Å². The highest BCUT2D eigenvalue weighted by Crippen LogP contribution is 2.32. The molecule has 0 bridgehead atoms. The van der Waals surface area contributed by atoms with E-state index in [1.165, 1.54) is 11.8 Å². The van der Waals surface area contributed by atoms with Gasteiger partial charge in [0.2, 0.25) is 0 Å². The molecule has 0 saturated carbocycles. The molecule has 4 heteroatoms. The topological polar surface area (TPSA) is 46.6 Å². The highest BCUT2D eigenvalue weighted by molar-refractivity contribution is 5.92. The van der Waals surface area contributed by atoms with E-state index in [1.54, 1.807) is 6.08 Å². The van der Waals surface area contributed by atoms with Gasteiger partial charge < -0.3 is 4.74 Å². The molecule has 0 spiro atoms. The summed E-state index contributed by atoms with van der Waals surface area (Å²) in [6, 6.07) is 0. The highest BCUT2D eigenvalue weighted by atomic mass is 16.6. The first kappa shape index (κ1) is 13.7. The molecule has 0 unspecified atom stereocenters. The van der Waals surface area contributed by atoms with Gasteiger partial charge in [-0.25, -0.2) is 4.79 Å². The number of hydrogen-bond acceptors (Lipinski definition) is 3. The second-order valence-corrected chi connectivity index (χ2v) is 5.42. The smallest absolute Gasteiger partial charge is 0.411 e. The Balaban J connectivity index is 2.93. The highest BCUT2D eigenvalue weighted by Gasteiger charge is 2.46. The van der Waals surface area contributed by atoms with E-state index in [0.29, 0.717) is 13.0 Å². The zero-order valence-electron chi connectivity index (χ0n) is 11.1. The number of rotatable bonds is 2. The van der Waals surface area contributed by atoms with E-state index in [1.807, 2.05) is 20.8 Å². The molecule has 0 radical (unpaired) electrons. The van der Waals surface area contributed by atoms with Crippen LogP contribution < -0.4 is 0 Å². The predicted molar refractivity (Wildman–Crippen MR) is 65.8 cm³/mol. The lowest BCUT2D eigenvalue weighted by Crippen LogP contribution is -2.52. The fourth-order valence-corrected chi connectivity index (χ4v) is 2.13. The van der Waals surface area contributed by atoms with Gasteiger partial charge in [-0.1, -0.05) is 6.08 Å². The maximum atomic E-state index is 12.0. The maximum Gasteiger partial charge on any atom is 0.411 e. The van der Waals surface area contributed by atoms with Gasteiger partial charge in [0.1, 0.15) is 11.1 Å². The fraction of sp³-hybridized carbons (Fsp3) is 0.692. The van der Waals surface area contributed by atoms with Crippen LogP contribution in [0.25, 0.3) is 0 Å². The summed E-state index contributed by atoms with van der Waals surface area (Å²) >= 11 is 0. The lowest BCUT2D eigenvalue weighted by Gasteiger charge is -2.34. The number of nitrogens with zero attached hydrogens (tertiary/aromatic N) is 1. The third kappa shape index (κ3) is 2.68. The molecule has 0 aromatic heterocycles. The van der Waals surface area contributed by atoms with Gasteiger partial charge in [0.15, 0.2) is 5.78 Å². The van der Waals surface area contributed by atoms with Gasteiger partial charge in [-0.15, -0.1) is 6.58 Å². The third-order valence-corrected chi connectivity index (χ3v) is 2.98. The van der Waals surface area contributed by atoms with Gasteiger partial charge in [-0.05, 0) is 40.5 Å². The Morgan fingerprint density at radius 1 is 1.41 bits per heavy atom. The van der Waals surface area contributed by atoms with Crippen molar-refractivity contribution in [1.82, 2.24) is 4.90 Å². The second kappa shape index (κ2) is 4.51. The number of hydrogen-bond donors (Lipinski definition) is 0. The van der Waals surface area contributed by atoms with Crippen molar-refractivity contribution in [1.29, 1.82) is 0 Å². The van der Waals surface area contributed by atoms with Crippen molar-refractivity contribution in [2.75, 3.05) is 6.54 Å². The number of likely N-dealkylation sites (tertiary alicyclic amines) is 1. The van der Waals surface area contributed by atoms with E-state index in [0.717, 1.165) is 6.42 Å². The summed E-state index contributed by atoms with van der Waals surface area (Å²) in [5, 5.41) is 0. The molecule has 1 saturated heterocycles. The summed E-state index contributed by atoms with van der Waals surface area (Å²) in [6.45, 7) is 11.2. The first-order valence-electron chi connectivity index (χ1n) is 5.88. The van der Waals surface area contributed by atoms with E-state index in [4.69, 9.17) is 4.74 Å². The second-order valence-electron chi connectivity index (χ2n) is 5.42. The maximum absolute atomic E-state index is 12.0. The van der Waals surface area contributed by atoms with Crippen LogP contribution in [0.2, 0.25) is 0 Å². The van der Waals surface area contributed by atoms with Crippen LogP contribution in [0.5, 0.6) is 0 Å². The minimum absolute atomic E-state index is 0.0594. The molecule has 1 rings (SSSR count). The average molecular weight is 239 g/mol. The summed E-state index contributed by atoms with van der Waals surface area (Å²) in [6.07, 6.45) is 2.55. The van der Waals surface area contributed by atoms with Gasteiger partial charge in [0.25, 0.3) is 0 Å². The van der Waals surface area contributed by atoms with Crippen molar-refractivity contribution in [3.05, 3.63) is 12.7 Å². The Morgan fingerprint density at radius 2 is 2.00 bits per heavy atom. The minimum Gasteiger partial charge on any atom is -0.444 e. The van der Waals surface area contributed by atoms with Crippen molar-refractivity contribution >= 4 is 11.9 Å². The van der Waals surface area contributed by atoms with E-state index < -0.39 is 17.2 Å². The van der Waals surface area contributed by atoms with Gasteiger partial charge in [-0.3, -0.25) is 9.69 Å². The molecule has 1 heterocycles. The van der Waals surface area contributed by atoms with Crippen molar-refractivity contribution in [3.63, 3.8) is 0 Å². The van der Waals surface area contributed by atoms with Crippen LogP contribution in [0.1, 0.15) is 40.5 Å². The summed E-state index contributed by atoms with van der Waals surface area (Å²) in [5.74, 6) is -0.0594. The van der Waals surface area contributed by atoms with Crippen LogP contribution >= 0.6 is 0 Å². The molecular formula is C13H21NO3. The molecule has 0 aromatic carbocycles. The van der Waals surface area contributed by atoms with Crippen LogP contribution in [-0.2, 0) is 9.53 Å². The number of carbonyl (C=O) groups is 2. The molecule has 1 atom stereocenters. The molecule has 1 aliphatic rings. The number of Topliss-reactive ketones (excluding diaryl/α,β-unsaturated/α-hetero) is 1. The SMILES string of the molecule is C=C[C@@]1(C(C)=O)CCCN1C(=O)OC(C)(C)C. The molecule has 96 valence electrons. The Labute approximate surface area is 103 Å². The standard InChI is InChI=1S/C13H21NO3/c1-6-13(10(2)15)8-7-9-14(13)11(16)17-12(3,4)5/h6H,1,7-9H2,2-5H3/t13-/m0/s1. The normalized spacial score (nSPS) is 24.6. The zero-order valence-corrected chi connectivity index (χ0v) is 11.1. The molecule has 1 fully saturated rings. The molecule has 1 aliphatic heterocycles. The lowest BCUT2D eigenvalue weighted by molar-refractivity contribution is -0.124. The van der Waals surface area contributed by atoms with Gasteiger partial charge in [-0.2, -0.15) is 0 Å². The van der Waals surface area contributed by atoms with Crippen LogP contribution in [0.3, 0.4) is 0 Å². The van der Waals surface area contributed by atoms with E-state index in [2.05, 4.69) is 6.58 Å². The largest absolute Gasteiger partial charge is 0.444 e. The molecule has 0 aliphatic carbocycles. The minimum atomic E-state index is -0.873. The quantitative estimate of drug-likeness (QED) is 0.696. The Morgan fingerprint density at radius 3 is 2.41 bits per heavy atom. The van der Waals surface area contributed by atoms with Crippen LogP contribution in [0, 0.1) is 0 Å². The van der Waals surface area contributed by atoms with Gasteiger partial charge >= 0.3 is 6.09 Å². The first-order valence-corrected chi connectivity index (χ1v) is 5.88. The van der Waals surface area contributed by atoms with Crippen LogP contribution in [0.15, 0.2) is 12.7 Å². The molecule has 17 heavy (non-hydrogen) atoms. The summed E-state index contributed by atoms with van der Waals surface area (Å²) in [5.41, 5.74) is -1.42. The fourth-order valence-electron chi connectivity index (χ4n) is 2.13. The predicted octanol–water partition coefficient (Wildman–Crippen LogP) is 2.53. The first-order chi connectivity index (χ1) is 7.73. The summed E-state index contributed by atoms with van der Waals surface area (Å²) < 4.78 is 5.32. The monoisotopic (exact) mass is 239 g/mol. The number of amides is 1. The molecule has 1 amide bonds. The molecule has 0 aromatic rings. The zero-order chi connectivity index (χ0) is 13.3. The Hall–Kier alpha value is -1.32. The third-order valence-electron chi connectivity index (χ3n) is 2.98. The van der Waals surface area contributed by atoms with Crippen molar-refractivity contribution in [3.8, 4) is 0 Å². The van der Waals surface area contributed by atoms with Crippen molar-refractivity contribution in [2.45, 2.75) is 51.7 Å². The molecule has 0 N–H and O–H groups in total. The average Bonchev–Trinajstić information content (AvgIpc) is 2.59. The van der Waals surface area contributed by atoms with Crippen LogP contribution in [-0.4, -0.2) is 34.5 Å². The molecule has 4 nitrogen and oxygen atoms in total. The summed E-state index contributed by atoms with van der Waals surface area (Å²) in [4.78, 5) is 25.3. The van der Waals surface area contributed by atoms with Gasteiger partial charge in [0, 0.05) is 6.54 Å². The Bertz CT molecular complexity index is 343. The van der Waals surface area contributed by atoms with Gasteiger partial charge in [0.05, 0.1) is 0 Å². The summed E-state index contributed by atoms with van der Waals surface area (Å²) in [7, 11) is 0.